The Labute approximate surface area is 121 Å². The fraction of sp³-hybridized carbons (Fsp3) is 0.929. The lowest BCUT2D eigenvalue weighted by Crippen LogP contribution is -2.45. The zero-order valence-electron chi connectivity index (χ0n) is 12.3. The van der Waals surface area contributed by atoms with Gasteiger partial charge in [0.1, 0.15) is 9.84 Å². The lowest BCUT2D eigenvalue weighted by Gasteiger charge is -2.44. The van der Waals surface area contributed by atoms with Crippen molar-refractivity contribution in [2.24, 2.45) is 5.41 Å². The average molecular weight is 303 g/mol. The molecule has 2 fully saturated rings. The summed E-state index contributed by atoms with van der Waals surface area (Å²) in [6, 6.07) is 0. The molecule has 0 atom stereocenters. The molecule has 0 bridgehead atoms. The molecule has 0 aromatic carbocycles. The van der Waals surface area contributed by atoms with E-state index in [1.165, 1.54) is 6.26 Å². The van der Waals surface area contributed by atoms with Crippen LogP contribution in [-0.4, -0.2) is 57.5 Å². The molecular weight excluding hydrogens is 278 g/mol. The highest BCUT2D eigenvalue weighted by atomic mass is 32.2. The molecule has 20 heavy (non-hydrogen) atoms. The Bertz CT molecular complexity index is 430. The lowest BCUT2D eigenvalue weighted by molar-refractivity contribution is -0.134. The van der Waals surface area contributed by atoms with Crippen molar-refractivity contribution < 1.29 is 17.9 Å². The van der Waals surface area contributed by atoms with Crippen LogP contribution in [0.5, 0.6) is 0 Å². The van der Waals surface area contributed by atoms with Crippen LogP contribution in [0.15, 0.2) is 0 Å². The van der Waals surface area contributed by atoms with Gasteiger partial charge in [0.2, 0.25) is 5.91 Å². The maximum atomic E-state index is 12.1. The number of ether oxygens (including phenoxy) is 1. The highest BCUT2D eigenvalue weighted by Gasteiger charge is 2.36. The zero-order valence-corrected chi connectivity index (χ0v) is 13.1. The second-order valence-electron chi connectivity index (χ2n) is 6.23. The summed E-state index contributed by atoms with van der Waals surface area (Å²) in [7, 11) is -2.96. The quantitative estimate of drug-likeness (QED) is 0.783. The third kappa shape index (κ3) is 4.45. The highest BCUT2D eigenvalue weighted by Crippen LogP contribution is 2.40. The van der Waals surface area contributed by atoms with Crippen LogP contribution in [0.4, 0.5) is 0 Å². The van der Waals surface area contributed by atoms with Crippen LogP contribution >= 0.6 is 0 Å². The molecule has 2 rings (SSSR count). The van der Waals surface area contributed by atoms with Crippen molar-refractivity contribution >= 4 is 15.7 Å². The van der Waals surface area contributed by atoms with Gasteiger partial charge in [-0.25, -0.2) is 8.42 Å². The largest absolute Gasteiger partial charge is 0.381 e. The summed E-state index contributed by atoms with van der Waals surface area (Å²) in [6.07, 6.45) is 6.36. The Hall–Kier alpha value is -0.620. The van der Waals surface area contributed by atoms with Gasteiger partial charge in [-0.05, 0) is 37.5 Å². The van der Waals surface area contributed by atoms with E-state index in [1.54, 1.807) is 0 Å². The number of hydrogen-bond donors (Lipinski definition) is 0. The van der Waals surface area contributed by atoms with Gasteiger partial charge >= 0.3 is 0 Å². The normalized spacial score (nSPS) is 22.9. The summed E-state index contributed by atoms with van der Waals surface area (Å²) in [5.41, 5.74) is 0.391. The molecule has 0 aromatic rings. The number of carbonyl (C=O) groups is 1. The molecule has 0 aliphatic carbocycles. The first-order chi connectivity index (χ1) is 9.40. The zero-order chi connectivity index (χ0) is 14.6. The predicted molar refractivity (Wildman–Crippen MR) is 77.2 cm³/mol. The monoisotopic (exact) mass is 303 g/mol. The minimum absolute atomic E-state index is 0.105. The van der Waals surface area contributed by atoms with Crippen molar-refractivity contribution in [1.82, 2.24) is 4.90 Å². The van der Waals surface area contributed by atoms with Gasteiger partial charge in [0.25, 0.3) is 0 Å². The van der Waals surface area contributed by atoms with Gasteiger partial charge in [0, 0.05) is 39.0 Å². The van der Waals surface area contributed by atoms with E-state index in [9.17, 15) is 13.2 Å². The van der Waals surface area contributed by atoms with Gasteiger partial charge < -0.3 is 9.64 Å². The average Bonchev–Trinajstić information content (AvgIpc) is 2.39. The fourth-order valence-electron chi connectivity index (χ4n) is 3.18. The van der Waals surface area contributed by atoms with Crippen molar-refractivity contribution in [3.8, 4) is 0 Å². The molecule has 0 N–H and O–H groups in total. The number of piperidine rings is 1. The van der Waals surface area contributed by atoms with Crippen LogP contribution in [0, 0.1) is 5.41 Å². The van der Waals surface area contributed by atoms with E-state index in [0.717, 1.165) is 52.0 Å². The molecule has 0 aromatic heterocycles. The first-order valence-electron chi connectivity index (χ1n) is 7.44. The van der Waals surface area contributed by atoms with Gasteiger partial charge in [-0.3, -0.25) is 4.79 Å². The molecule has 2 saturated heterocycles. The van der Waals surface area contributed by atoms with Crippen LogP contribution < -0.4 is 0 Å². The minimum atomic E-state index is -2.96. The van der Waals surface area contributed by atoms with Gasteiger partial charge in [-0.1, -0.05) is 0 Å². The fourth-order valence-corrected chi connectivity index (χ4v) is 3.85. The first kappa shape index (κ1) is 15.8. The van der Waals surface area contributed by atoms with Crippen molar-refractivity contribution in [1.29, 1.82) is 0 Å². The van der Waals surface area contributed by atoms with Crippen LogP contribution in [0.1, 0.15) is 38.5 Å². The molecule has 2 aliphatic heterocycles. The SMILES string of the molecule is CS(=O)(=O)CCCC(=O)N1CCC2(CCOCC2)CC1. The summed E-state index contributed by atoms with van der Waals surface area (Å²) in [5, 5.41) is 0. The lowest BCUT2D eigenvalue weighted by atomic mass is 9.72. The molecule has 2 aliphatic rings. The van der Waals surface area contributed by atoms with Crippen LogP contribution in [0.3, 0.4) is 0 Å². The van der Waals surface area contributed by atoms with Gasteiger partial charge in [-0.15, -0.1) is 0 Å². The number of hydrogen-bond acceptors (Lipinski definition) is 4. The van der Waals surface area contributed by atoms with Crippen LogP contribution in [0.25, 0.3) is 0 Å². The van der Waals surface area contributed by atoms with E-state index >= 15 is 0 Å². The maximum absolute atomic E-state index is 12.1. The van der Waals surface area contributed by atoms with Crippen molar-refractivity contribution in [3.63, 3.8) is 0 Å². The second-order valence-corrected chi connectivity index (χ2v) is 8.49. The Morgan fingerprint density at radius 1 is 1.15 bits per heavy atom. The minimum Gasteiger partial charge on any atom is -0.381 e. The number of sulfone groups is 1. The first-order valence-corrected chi connectivity index (χ1v) is 9.50. The molecule has 0 saturated carbocycles. The maximum Gasteiger partial charge on any atom is 0.222 e. The highest BCUT2D eigenvalue weighted by molar-refractivity contribution is 7.90. The number of amides is 1. The van der Waals surface area contributed by atoms with E-state index in [2.05, 4.69) is 0 Å². The third-order valence-electron chi connectivity index (χ3n) is 4.64. The Morgan fingerprint density at radius 3 is 2.30 bits per heavy atom. The third-order valence-corrected chi connectivity index (χ3v) is 5.67. The molecule has 6 heteroatoms. The molecule has 116 valence electrons. The van der Waals surface area contributed by atoms with E-state index in [-0.39, 0.29) is 11.7 Å². The molecular formula is C14H25NO4S. The van der Waals surface area contributed by atoms with E-state index in [1.807, 2.05) is 4.90 Å². The molecule has 0 radical (unpaired) electrons. The molecule has 5 nitrogen and oxygen atoms in total. The second kappa shape index (κ2) is 6.43. The van der Waals surface area contributed by atoms with Crippen LogP contribution in [0.2, 0.25) is 0 Å². The van der Waals surface area contributed by atoms with E-state index in [0.29, 0.717) is 18.3 Å². The topological polar surface area (TPSA) is 63.7 Å². The van der Waals surface area contributed by atoms with Gasteiger partial charge in [0.15, 0.2) is 0 Å². The number of rotatable bonds is 4. The van der Waals surface area contributed by atoms with Crippen LogP contribution in [-0.2, 0) is 19.4 Å². The Morgan fingerprint density at radius 2 is 1.75 bits per heavy atom. The summed E-state index contributed by atoms with van der Waals surface area (Å²) >= 11 is 0. The van der Waals surface area contributed by atoms with E-state index < -0.39 is 9.84 Å². The van der Waals surface area contributed by atoms with Crippen molar-refractivity contribution in [3.05, 3.63) is 0 Å². The number of carbonyl (C=O) groups excluding carboxylic acids is 1. The Balaban J connectivity index is 1.74. The summed E-state index contributed by atoms with van der Waals surface area (Å²) < 4.78 is 27.5. The van der Waals surface area contributed by atoms with Gasteiger partial charge in [0.05, 0.1) is 5.75 Å². The predicted octanol–water partition coefficient (Wildman–Crippen LogP) is 1.23. The summed E-state index contributed by atoms with van der Waals surface area (Å²) in [4.78, 5) is 14.0. The molecule has 0 unspecified atom stereocenters. The number of likely N-dealkylation sites (tertiary alicyclic amines) is 1. The van der Waals surface area contributed by atoms with E-state index in [4.69, 9.17) is 4.74 Å². The van der Waals surface area contributed by atoms with Crippen molar-refractivity contribution in [2.75, 3.05) is 38.3 Å². The molecule has 2 heterocycles. The smallest absolute Gasteiger partial charge is 0.222 e. The summed E-state index contributed by atoms with van der Waals surface area (Å²) in [6.45, 7) is 3.33. The van der Waals surface area contributed by atoms with Gasteiger partial charge in [-0.2, -0.15) is 0 Å². The Kier molecular flexibility index (Phi) is 5.07. The number of nitrogens with zero attached hydrogens (tertiary/aromatic N) is 1. The standard InChI is InChI=1S/C14H25NO4S/c1-20(17,18)12-2-3-13(16)15-8-4-14(5-9-15)6-10-19-11-7-14/h2-12H2,1H3. The molecule has 1 spiro atoms. The summed E-state index contributed by atoms with van der Waals surface area (Å²) in [5.74, 6) is 0.212. The van der Waals surface area contributed by atoms with Crippen molar-refractivity contribution in [2.45, 2.75) is 38.5 Å². The molecule has 1 amide bonds.